The summed E-state index contributed by atoms with van der Waals surface area (Å²) in [5, 5.41) is 7.16. The highest BCUT2D eigenvalue weighted by Gasteiger charge is 2.31. The predicted molar refractivity (Wildman–Crippen MR) is 125 cm³/mol. The van der Waals surface area contributed by atoms with Gasteiger partial charge in [0.25, 0.3) is 0 Å². The molecule has 0 saturated heterocycles. The highest BCUT2D eigenvalue weighted by molar-refractivity contribution is 5.54. The largest absolute Gasteiger partial charge is 0.489 e. The second kappa shape index (κ2) is 10.6. The third-order valence-corrected chi connectivity index (χ3v) is 6.94. The maximum absolute atomic E-state index is 6.55. The Morgan fingerprint density at radius 1 is 1.17 bits per heavy atom. The van der Waals surface area contributed by atoms with Gasteiger partial charge in [0, 0.05) is 6.04 Å². The predicted octanol–water partition coefficient (Wildman–Crippen LogP) is 5.59. The summed E-state index contributed by atoms with van der Waals surface area (Å²) in [5.74, 6) is 1.83. The van der Waals surface area contributed by atoms with Crippen molar-refractivity contribution in [3.8, 4) is 5.75 Å². The molecule has 3 heteroatoms. The van der Waals surface area contributed by atoms with Crippen molar-refractivity contribution < 1.29 is 4.74 Å². The van der Waals surface area contributed by atoms with Gasteiger partial charge in [0.2, 0.25) is 0 Å². The van der Waals surface area contributed by atoms with Gasteiger partial charge in [-0.15, -0.1) is 0 Å². The fourth-order valence-corrected chi connectivity index (χ4v) is 5.32. The van der Waals surface area contributed by atoms with Crippen molar-refractivity contribution in [2.24, 2.45) is 11.3 Å². The van der Waals surface area contributed by atoms with Gasteiger partial charge in [-0.25, -0.2) is 0 Å². The Hall–Kier alpha value is -1.32. The standard InChI is InChI=1S/C26H42N2O/c1-5-21-12-13-23(17-22(21)14-16-27-4)29-25-11-7-6-10-24(25)28-19-20-9-8-15-26(2,3)18-20/h5,12-13,17,20,24-25,27-28H,1,6-11,14-16,18-19H2,2-4H3. The van der Waals surface area contributed by atoms with E-state index in [0.29, 0.717) is 11.5 Å². The number of nitrogens with one attached hydrogen (secondary N) is 2. The average Bonchev–Trinajstić information content (AvgIpc) is 2.71. The molecule has 1 aromatic carbocycles. The second-order valence-corrected chi connectivity index (χ2v) is 10.0. The molecule has 3 nitrogen and oxygen atoms in total. The zero-order valence-corrected chi connectivity index (χ0v) is 18.9. The van der Waals surface area contributed by atoms with Crippen LogP contribution in [0.4, 0.5) is 0 Å². The summed E-state index contributed by atoms with van der Waals surface area (Å²) in [5.41, 5.74) is 3.05. The van der Waals surface area contributed by atoms with Crippen LogP contribution in [0.25, 0.3) is 6.08 Å². The van der Waals surface area contributed by atoms with Crippen LogP contribution in [0.15, 0.2) is 24.8 Å². The van der Waals surface area contributed by atoms with Crippen LogP contribution in [0.2, 0.25) is 0 Å². The lowest BCUT2D eigenvalue weighted by Gasteiger charge is -2.38. The number of likely N-dealkylation sites (N-methyl/N-ethyl adjacent to an activating group) is 1. The Morgan fingerprint density at radius 3 is 2.76 bits per heavy atom. The highest BCUT2D eigenvalue weighted by Crippen LogP contribution is 2.38. The second-order valence-electron chi connectivity index (χ2n) is 10.0. The van der Waals surface area contributed by atoms with E-state index in [4.69, 9.17) is 4.74 Å². The van der Waals surface area contributed by atoms with Gasteiger partial charge >= 0.3 is 0 Å². The highest BCUT2D eigenvalue weighted by atomic mass is 16.5. The molecule has 3 rings (SSSR count). The molecule has 1 aromatic rings. The summed E-state index contributed by atoms with van der Waals surface area (Å²) in [6, 6.07) is 6.98. The number of rotatable bonds is 9. The third-order valence-electron chi connectivity index (χ3n) is 6.94. The van der Waals surface area contributed by atoms with Crippen molar-refractivity contribution in [2.75, 3.05) is 20.1 Å². The molecule has 0 radical (unpaired) electrons. The van der Waals surface area contributed by atoms with E-state index in [1.165, 1.54) is 56.1 Å². The molecule has 2 N–H and O–H groups in total. The van der Waals surface area contributed by atoms with Gasteiger partial charge < -0.3 is 15.4 Å². The van der Waals surface area contributed by atoms with Gasteiger partial charge in [-0.1, -0.05) is 45.4 Å². The van der Waals surface area contributed by atoms with E-state index in [-0.39, 0.29) is 6.10 Å². The summed E-state index contributed by atoms with van der Waals surface area (Å²) in [4.78, 5) is 0. The maximum Gasteiger partial charge on any atom is 0.120 e. The van der Waals surface area contributed by atoms with Crippen molar-refractivity contribution in [1.29, 1.82) is 0 Å². The Bertz CT molecular complexity index is 654. The minimum atomic E-state index is 0.284. The molecule has 0 aliphatic heterocycles. The molecule has 2 saturated carbocycles. The minimum absolute atomic E-state index is 0.284. The Balaban J connectivity index is 1.60. The lowest BCUT2D eigenvalue weighted by atomic mass is 9.72. The lowest BCUT2D eigenvalue weighted by Crippen LogP contribution is -2.47. The van der Waals surface area contributed by atoms with Crippen LogP contribution in [0.3, 0.4) is 0 Å². The van der Waals surface area contributed by atoms with E-state index in [1.54, 1.807) is 0 Å². The molecule has 2 aliphatic rings. The number of hydrogen-bond donors (Lipinski definition) is 2. The van der Waals surface area contributed by atoms with Crippen LogP contribution in [-0.4, -0.2) is 32.3 Å². The number of hydrogen-bond acceptors (Lipinski definition) is 3. The van der Waals surface area contributed by atoms with E-state index in [2.05, 4.69) is 49.3 Å². The zero-order chi connectivity index (χ0) is 20.7. The summed E-state index contributed by atoms with van der Waals surface area (Å²) in [6.45, 7) is 11.0. The molecule has 29 heavy (non-hydrogen) atoms. The third kappa shape index (κ3) is 6.58. The first-order valence-electron chi connectivity index (χ1n) is 11.8. The fourth-order valence-electron chi connectivity index (χ4n) is 5.32. The topological polar surface area (TPSA) is 33.3 Å². The minimum Gasteiger partial charge on any atom is -0.489 e. The lowest BCUT2D eigenvalue weighted by molar-refractivity contribution is 0.103. The zero-order valence-electron chi connectivity index (χ0n) is 18.9. The molecule has 162 valence electrons. The monoisotopic (exact) mass is 398 g/mol. The normalized spacial score (nSPS) is 26.8. The summed E-state index contributed by atoms with van der Waals surface area (Å²) < 4.78 is 6.55. The van der Waals surface area contributed by atoms with E-state index in [1.807, 2.05) is 13.1 Å². The Labute approximate surface area is 178 Å². The summed E-state index contributed by atoms with van der Waals surface area (Å²) >= 11 is 0. The molecular formula is C26H42N2O. The molecule has 0 heterocycles. The molecule has 0 aromatic heterocycles. The molecule has 3 atom stereocenters. The van der Waals surface area contributed by atoms with Crippen molar-refractivity contribution in [2.45, 2.75) is 83.8 Å². The maximum atomic E-state index is 6.55. The number of benzene rings is 1. The van der Waals surface area contributed by atoms with Crippen molar-refractivity contribution in [3.05, 3.63) is 35.9 Å². The van der Waals surface area contributed by atoms with E-state index in [0.717, 1.165) is 37.6 Å². The molecular weight excluding hydrogens is 356 g/mol. The van der Waals surface area contributed by atoms with E-state index < -0.39 is 0 Å². The molecule has 3 unspecified atom stereocenters. The summed E-state index contributed by atoms with van der Waals surface area (Å²) in [6.07, 6.45) is 13.7. The van der Waals surface area contributed by atoms with Crippen LogP contribution < -0.4 is 15.4 Å². The van der Waals surface area contributed by atoms with Crippen LogP contribution >= 0.6 is 0 Å². The van der Waals surface area contributed by atoms with Gasteiger partial charge in [0.15, 0.2) is 0 Å². The van der Waals surface area contributed by atoms with Crippen LogP contribution in [0, 0.1) is 11.3 Å². The average molecular weight is 399 g/mol. The quantitative estimate of drug-likeness (QED) is 0.569. The van der Waals surface area contributed by atoms with E-state index >= 15 is 0 Å². The molecule has 0 amide bonds. The van der Waals surface area contributed by atoms with Crippen LogP contribution in [0.1, 0.15) is 76.3 Å². The first kappa shape index (κ1) is 22.4. The van der Waals surface area contributed by atoms with Gasteiger partial charge in [-0.05, 0) is 99.7 Å². The first-order valence-corrected chi connectivity index (χ1v) is 11.8. The Kier molecular flexibility index (Phi) is 8.20. The smallest absolute Gasteiger partial charge is 0.120 e. The van der Waals surface area contributed by atoms with E-state index in [9.17, 15) is 0 Å². The molecule has 2 fully saturated rings. The first-order chi connectivity index (χ1) is 14.0. The van der Waals surface area contributed by atoms with Crippen molar-refractivity contribution >= 4 is 6.08 Å². The van der Waals surface area contributed by atoms with Crippen LogP contribution in [0.5, 0.6) is 5.75 Å². The molecule has 0 bridgehead atoms. The summed E-state index contributed by atoms with van der Waals surface area (Å²) in [7, 11) is 2.00. The molecule has 0 spiro atoms. The molecule has 2 aliphatic carbocycles. The van der Waals surface area contributed by atoms with Crippen molar-refractivity contribution in [1.82, 2.24) is 10.6 Å². The van der Waals surface area contributed by atoms with Gasteiger partial charge in [0.1, 0.15) is 11.9 Å². The van der Waals surface area contributed by atoms with Gasteiger partial charge in [0.05, 0.1) is 0 Å². The SMILES string of the molecule is C=Cc1ccc(OC2CCCCC2NCC2CCCC(C)(C)C2)cc1CCNC. The van der Waals surface area contributed by atoms with Gasteiger partial charge in [-0.3, -0.25) is 0 Å². The van der Waals surface area contributed by atoms with Crippen LogP contribution in [-0.2, 0) is 6.42 Å². The Morgan fingerprint density at radius 2 is 2.00 bits per heavy atom. The van der Waals surface area contributed by atoms with Gasteiger partial charge in [-0.2, -0.15) is 0 Å². The van der Waals surface area contributed by atoms with Crippen molar-refractivity contribution in [3.63, 3.8) is 0 Å². The number of ether oxygens (including phenoxy) is 1. The fraction of sp³-hybridized carbons (Fsp3) is 0.692.